The first-order valence-electron chi connectivity index (χ1n) is 10.7. The molecule has 6 rings (SSSR count). The summed E-state index contributed by atoms with van der Waals surface area (Å²) in [4.78, 5) is 37.8. The third-order valence-electron chi connectivity index (χ3n) is 7.79. The normalized spacial score (nSPS) is 34.8. The number of nitrogens with zero attached hydrogens (tertiary/aromatic N) is 1. The van der Waals surface area contributed by atoms with E-state index in [4.69, 9.17) is 0 Å². The van der Waals surface area contributed by atoms with E-state index in [2.05, 4.69) is 12.2 Å². The average Bonchev–Trinajstić information content (AvgIpc) is 2.99. The summed E-state index contributed by atoms with van der Waals surface area (Å²) < 4.78 is 0. The zero-order chi connectivity index (χ0) is 19.5. The summed E-state index contributed by atoms with van der Waals surface area (Å²) in [6, 6.07) is 7.01. The van der Waals surface area contributed by atoms with Crippen LogP contribution in [0.15, 0.2) is 24.3 Å². The molecule has 1 saturated heterocycles. The van der Waals surface area contributed by atoms with Gasteiger partial charge in [0.2, 0.25) is 11.8 Å². The summed E-state index contributed by atoms with van der Waals surface area (Å²) in [6.45, 7) is 2.18. The molecule has 28 heavy (non-hydrogen) atoms. The van der Waals surface area contributed by atoms with Gasteiger partial charge in [0.05, 0.1) is 5.69 Å². The maximum absolute atomic E-state index is 12.9. The van der Waals surface area contributed by atoms with Crippen molar-refractivity contribution in [2.24, 2.45) is 23.2 Å². The second kappa shape index (κ2) is 6.43. The standard InChI is InChI=1S/C23H28N2O3/c1-14(23-11-15-8-16(12-23)10-17(9-15)13-23)24-22(28)18-2-4-19(5-3-18)25-20(26)6-7-21(25)27/h2-5,14-17H,6-13H2,1H3,(H,24,28). The van der Waals surface area contributed by atoms with Gasteiger partial charge in [-0.1, -0.05) is 0 Å². The van der Waals surface area contributed by atoms with Gasteiger partial charge in [-0.25, -0.2) is 0 Å². The lowest BCUT2D eigenvalue weighted by molar-refractivity contribution is -0.121. The highest BCUT2D eigenvalue weighted by Crippen LogP contribution is 2.61. The Kier molecular flexibility index (Phi) is 4.11. The van der Waals surface area contributed by atoms with E-state index in [-0.39, 0.29) is 42.0 Å². The van der Waals surface area contributed by atoms with Gasteiger partial charge in [-0.15, -0.1) is 0 Å². The molecule has 3 amide bonds. The summed E-state index contributed by atoms with van der Waals surface area (Å²) in [5.41, 5.74) is 1.41. The van der Waals surface area contributed by atoms with Crippen molar-refractivity contribution < 1.29 is 14.4 Å². The molecule has 1 heterocycles. The van der Waals surface area contributed by atoms with Gasteiger partial charge >= 0.3 is 0 Å². The van der Waals surface area contributed by atoms with E-state index in [1.165, 1.54) is 43.4 Å². The number of carbonyl (C=O) groups is 3. The molecule has 0 aromatic heterocycles. The zero-order valence-corrected chi connectivity index (χ0v) is 16.4. The topological polar surface area (TPSA) is 66.5 Å². The van der Waals surface area contributed by atoms with Crippen molar-refractivity contribution in [3.63, 3.8) is 0 Å². The maximum Gasteiger partial charge on any atom is 0.251 e. The summed E-state index contributed by atoms with van der Waals surface area (Å²) in [6.07, 6.45) is 8.52. The third kappa shape index (κ3) is 2.87. The predicted molar refractivity (Wildman–Crippen MR) is 106 cm³/mol. The number of carbonyl (C=O) groups excluding carboxylic acids is 3. The second-order valence-corrected chi connectivity index (χ2v) is 9.64. The molecule has 1 N–H and O–H groups in total. The molecule has 4 aliphatic carbocycles. The van der Waals surface area contributed by atoms with Crippen molar-refractivity contribution in [2.45, 2.75) is 64.3 Å². The van der Waals surface area contributed by atoms with Crippen LogP contribution in [-0.2, 0) is 9.59 Å². The fourth-order valence-corrected chi connectivity index (χ4v) is 6.77. The molecule has 5 nitrogen and oxygen atoms in total. The number of hydrogen-bond donors (Lipinski definition) is 1. The fourth-order valence-electron chi connectivity index (χ4n) is 6.77. The van der Waals surface area contributed by atoms with Crippen LogP contribution in [0.1, 0.15) is 68.6 Å². The zero-order valence-electron chi connectivity index (χ0n) is 16.4. The smallest absolute Gasteiger partial charge is 0.251 e. The van der Waals surface area contributed by atoms with E-state index >= 15 is 0 Å². The molecule has 1 aromatic carbocycles. The van der Waals surface area contributed by atoms with Crippen LogP contribution in [0, 0.1) is 23.2 Å². The fraction of sp³-hybridized carbons (Fsp3) is 0.609. The first-order chi connectivity index (χ1) is 13.4. The van der Waals surface area contributed by atoms with E-state index in [9.17, 15) is 14.4 Å². The average molecular weight is 380 g/mol. The van der Waals surface area contributed by atoms with Gasteiger partial charge in [-0.05, 0) is 92.9 Å². The van der Waals surface area contributed by atoms with Crippen molar-refractivity contribution in [1.82, 2.24) is 5.32 Å². The molecule has 4 bridgehead atoms. The van der Waals surface area contributed by atoms with Crippen LogP contribution in [0.2, 0.25) is 0 Å². The molecule has 0 spiro atoms. The summed E-state index contributed by atoms with van der Waals surface area (Å²) in [5, 5.41) is 3.27. The SMILES string of the molecule is CC(NC(=O)c1ccc(N2C(=O)CCC2=O)cc1)C12CC3CC(CC(C3)C1)C2. The Balaban J connectivity index is 1.28. The number of anilines is 1. The minimum Gasteiger partial charge on any atom is -0.349 e. The van der Waals surface area contributed by atoms with Crippen molar-refractivity contribution in [3.05, 3.63) is 29.8 Å². The van der Waals surface area contributed by atoms with Crippen molar-refractivity contribution in [3.8, 4) is 0 Å². The van der Waals surface area contributed by atoms with Crippen LogP contribution >= 0.6 is 0 Å². The highest BCUT2D eigenvalue weighted by molar-refractivity contribution is 6.19. The van der Waals surface area contributed by atoms with Gasteiger partial charge < -0.3 is 5.32 Å². The molecule has 1 atom stereocenters. The Morgan fingerprint density at radius 1 is 0.964 bits per heavy atom. The highest BCUT2D eigenvalue weighted by Gasteiger charge is 2.53. The minimum atomic E-state index is -0.169. The number of amides is 3. The van der Waals surface area contributed by atoms with Gasteiger partial charge in [-0.3, -0.25) is 19.3 Å². The molecular weight excluding hydrogens is 352 g/mol. The van der Waals surface area contributed by atoms with Gasteiger partial charge in [-0.2, -0.15) is 0 Å². The Hall–Kier alpha value is -2.17. The second-order valence-electron chi connectivity index (χ2n) is 9.64. The lowest BCUT2D eigenvalue weighted by Crippen LogP contribution is -2.55. The first-order valence-corrected chi connectivity index (χ1v) is 10.7. The predicted octanol–water partition coefficient (Wildman–Crippen LogP) is 3.67. The number of rotatable bonds is 4. The third-order valence-corrected chi connectivity index (χ3v) is 7.79. The highest BCUT2D eigenvalue weighted by atomic mass is 16.2. The molecule has 4 saturated carbocycles. The monoisotopic (exact) mass is 380 g/mol. The largest absolute Gasteiger partial charge is 0.349 e. The van der Waals surface area contributed by atoms with Gasteiger partial charge in [0.25, 0.3) is 5.91 Å². The Labute approximate surface area is 165 Å². The molecule has 5 fully saturated rings. The van der Waals surface area contributed by atoms with Crippen molar-refractivity contribution in [2.75, 3.05) is 4.90 Å². The number of benzene rings is 1. The van der Waals surface area contributed by atoms with E-state index < -0.39 is 0 Å². The van der Waals surface area contributed by atoms with Crippen LogP contribution in [0.3, 0.4) is 0 Å². The first kappa shape index (κ1) is 17.9. The van der Waals surface area contributed by atoms with Crippen LogP contribution in [0.25, 0.3) is 0 Å². The summed E-state index contributed by atoms with van der Waals surface area (Å²) in [5.74, 6) is 2.19. The molecule has 1 unspecified atom stereocenters. The Morgan fingerprint density at radius 3 is 1.96 bits per heavy atom. The molecule has 5 aliphatic rings. The van der Waals surface area contributed by atoms with E-state index in [0.29, 0.717) is 11.3 Å². The number of hydrogen-bond acceptors (Lipinski definition) is 3. The molecular formula is C23H28N2O3. The molecule has 1 aliphatic heterocycles. The van der Waals surface area contributed by atoms with E-state index in [1.54, 1.807) is 24.3 Å². The maximum atomic E-state index is 12.9. The summed E-state index contributed by atoms with van der Waals surface area (Å²) >= 11 is 0. The number of imide groups is 1. The van der Waals surface area contributed by atoms with E-state index in [1.807, 2.05) is 0 Å². The van der Waals surface area contributed by atoms with Gasteiger partial charge in [0.1, 0.15) is 0 Å². The van der Waals surface area contributed by atoms with Crippen LogP contribution in [-0.4, -0.2) is 23.8 Å². The number of nitrogens with one attached hydrogen (secondary N) is 1. The molecule has 0 radical (unpaired) electrons. The molecule has 1 aromatic rings. The van der Waals surface area contributed by atoms with Crippen LogP contribution < -0.4 is 10.2 Å². The Bertz CT molecular complexity index is 777. The van der Waals surface area contributed by atoms with Gasteiger partial charge in [0, 0.05) is 24.4 Å². The summed E-state index contributed by atoms with van der Waals surface area (Å²) in [7, 11) is 0. The lowest BCUT2D eigenvalue weighted by atomic mass is 9.48. The molecule has 5 heteroatoms. The van der Waals surface area contributed by atoms with Crippen molar-refractivity contribution in [1.29, 1.82) is 0 Å². The lowest BCUT2D eigenvalue weighted by Gasteiger charge is -2.59. The van der Waals surface area contributed by atoms with E-state index in [0.717, 1.165) is 17.8 Å². The van der Waals surface area contributed by atoms with Crippen LogP contribution in [0.4, 0.5) is 5.69 Å². The quantitative estimate of drug-likeness (QED) is 0.811. The minimum absolute atomic E-state index is 0.0612. The molecule has 148 valence electrons. The Morgan fingerprint density at radius 2 is 1.46 bits per heavy atom. The van der Waals surface area contributed by atoms with Gasteiger partial charge in [0.15, 0.2) is 0 Å². The van der Waals surface area contributed by atoms with Crippen molar-refractivity contribution >= 4 is 23.4 Å². The van der Waals surface area contributed by atoms with Crippen LogP contribution in [0.5, 0.6) is 0 Å².